The third-order valence-corrected chi connectivity index (χ3v) is 8.55. The fourth-order valence-electron chi connectivity index (χ4n) is 5.63. The summed E-state index contributed by atoms with van der Waals surface area (Å²) in [5, 5.41) is 10.2. The van der Waals surface area contributed by atoms with Gasteiger partial charge in [-0.05, 0) is 37.1 Å². The lowest BCUT2D eigenvalue weighted by molar-refractivity contribution is 0.0497. The standard InChI is InChI=1S/C29H34N4OS/c1-32-11-13-33(14-12-32)19-21-9-10-26-22(16-21)18-27-28(30-31-29(26)27)23-17-25(35-20-23)8-5-15-34-24-6-3-2-4-7-24/h9-10,16-17,20,24H,2-4,6-7,11-15,18-19H2,1H3,(H,30,31). The van der Waals surface area contributed by atoms with Crippen LogP contribution in [0.25, 0.3) is 22.5 Å². The normalized spacial score (nSPS) is 18.8. The molecule has 0 spiro atoms. The van der Waals surface area contributed by atoms with Gasteiger partial charge < -0.3 is 9.64 Å². The van der Waals surface area contributed by atoms with Gasteiger partial charge in [-0.1, -0.05) is 49.3 Å². The van der Waals surface area contributed by atoms with Crippen molar-refractivity contribution in [3.8, 4) is 34.4 Å². The molecule has 2 fully saturated rings. The number of aromatic amines is 1. The van der Waals surface area contributed by atoms with E-state index < -0.39 is 0 Å². The van der Waals surface area contributed by atoms with Gasteiger partial charge in [0.15, 0.2) is 0 Å². The zero-order valence-electron chi connectivity index (χ0n) is 20.6. The molecule has 1 saturated carbocycles. The fraction of sp³-hybridized carbons (Fsp3) is 0.483. The maximum atomic E-state index is 5.95. The van der Waals surface area contributed by atoms with Crippen LogP contribution in [0.1, 0.15) is 53.7 Å². The number of ether oxygens (including phenoxy) is 1. The molecule has 1 aliphatic heterocycles. The monoisotopic (exact) mass is 486 g/mol. The van der Waals surface area contributed by atoms with Crippen LogP contribution in [0.15, 0.2) is 29.6 Å². The number of benzene rings is 1. The van der Waals surface area contributed by atoms with Gasteiger partial charge in [-0.2, -0.15) is 5.10 Å². The Balaban J connectivity index is 1.11. The topological polar surface area (TPSA) is 44.4 Å². The highest BCUT2D eigenvalue weighted by molar-refractivity contribution is 7.11. The summed E-state index contributed by atoms with van der Waals surface area (Å²) in [6.07, 6.45) is 7.67. The molecule has 2 aromatic heterocycles. The number of thiophene rings is 1. The Morgan fingerprint density at radius 1 is 1.11 bits per heavy atom. The number of likely N-dealkylation sites (N-methyl/N-ethyl adjacent to an activating group) is 1. The Kier molecular flexibility index (Phi) is 6.76. The van der Waals surface area contributed by atoms with Crippen molar-refractivity contribution in [2.24, 2.45) is 0 Å². The minimum absolute atomic E-state index is 0.410. The first-order valence-corrected chi connectivity index (χ1v) is 13.9. The average molecular weight is 487 g/mol. The zero-order valence-corrected chi connectivity index (χ0v) is 21.4. The van der Waals surface area contributed by atoms with Gasteiger partial charge in [-0.25, -0.2) is 0 Å². The van der Waals surface area contributed by atoms with Crippen LogP contribution in [0.3, 0.4) is 0 Å². The molecule has 3 aliphatic rings. The van der Waals surface area contributed by atoms with E-state index in [2.05, 4.69) is 63.4 Å². The Labute approximate surface area is 212 Å². The third kappa shape index (κ3) is 5.10. The van der Waals surface area contributed by atoms with E-state index in [9.17, 15) is 0 Å². The van der Waals surface area contributed by atoms with Gasteiger partial charge in [0.05, 0.1) is 22.4 Å². The molecule has 2 aliphatic carbocycles. The predicted molar refractivity (Wildman–Crippen MR) is 143 cm³/mol. The molecule has 0 radical (unpaired) electrons. The van der Waals surface area contributed by atoms with E-state index in [1.165, 1.54) is 60.1 Å². The lowest BCUT2D eigenvalue weighted by Crippen LogP contribution is -2.43. The second kappa shape index (κ2) is 10.3. The summed E-state index contributed by atoms with van der Waals surface area (Å²) in [7, 11) is 2.21. The van der Waals surface area contributed by atoms with Crippen LogP contribution in [0.5, 0.6) is 0 Å². The third-order valence-electron chi connectivity index (χ3n) is 7.70. The van der Waals surface area contributed by atoms with E-state index in [1.807, 2.05) is 0 Å². The lowest BCUT2D eigenvalue weighted by atomic mass is 9.98. The zero-order chi connectivity index (χ0) is 23.6. The van der Waals surface area contributed by atoms with E-state index in [-0.39, 0.29) is 0 Å². The average Bonchev–Trinajstić information content (AvgIpc) is 3.59. The minimum Gasteiger partial charge on any atom is -0.366 e. The maximum Gasteiger partial charge on any atom is 0.108 e. The summed E-state index contributed by atoms with van der Waals surface area (Å²) < 4.78 is 5.95. The summed E-state index contributed by atoms with van der Waals surface area (Å²) in [6, 6.07) is 9.16. The van der Waals surface area contributed by atoms with Crippen molar-refractivity contribution in [2.45, 2.75) is 51.2 Å². The van der Waals surface area contributed by atoms with Crippen LogP contribution in [0.4, 0.5) is 0 Å². The van der Waals surface area contributed by atoms with Crippen molar-refractivity contribution >= 4 is 11.3 Å². The lowest BCUT2D eigenvalue weighted by Gasteiger charge is -2.32. The van der Waals surface area contributed by atoms with Crippen molar-refractivity contribution in [2.75, 3.05) is 39.8 Å². The molecule has 35 heavy (non-hydrogen) atoms. The number of aromatic nitrogens is 2. The van der Waals surface area contributed by atoms with Gasteiger partial charge >= 0.3 is 0 Å². The maximum absolute atomic E-state index is 5.95. The van der Waals surface area contributed by atoms with Crippen molar-refractivity contribution in [1.29, 1.82) is 0 Å². The Bertz CT molecular complexity index is 1240. The molecule has 1 saturated heterocycles. The fourth-order valence-corrected chi connectivity index (χ4v) is 6.39. The van der Waals surface area contributed by atoms with Gasteiger partial charge in [0.1, 0.15) is 6.61 Å². The van der Waals surface area contributed by atoms with Crippen LogP contribution in [0.2, 0.25) is 0 Å². The quantitative estimate of drug-likeness (QED) is 0.396. The first kappa shape index (κ1) is 23.0. The van der Waals surface area contributed by atoms with Crippen molar-refractivity contribution < 1.29 is 4.74 Å². The van der Waals surface area contributed by atoms with E-state index in [1.54, 1.807) is 11.3 Å². The van der Waals surface area contributed by atoms with Gasteiger partial charge in [0, 0.05) is 61.2 Å². The van der Waals surface area contributed by atoms with E-state index in [0.717, 1.165) is 55.3 Å². The highest BCUT2D eigenvalue weighted by atomic mass is 32.1. The number of fused-ring (bicyclic) bond motifs is 3. The molecule has 182 valence electrons. The summed E-state index contributed by atoms with van der Waals surface area (Å²) in [4.78, 5) is 6.05. The van der Waals surface area contributed by atoms with Crippen LogP contribution in [-0.2, 0) is 17.7 Å². The molecule has 0 unspecified atom stereocenters. The largest absolute Gasteiger partial charge is 0.366 e. The van der Waals surface area contributed by atoms with Crippen molar-refractivity contribution in [3.63, 3.8) is 0 Å². The predicted octanol–water partition coefficient (Wildman–Crippen LogP) is 5.16. The molecule has 3 aromatic rings. The highest BCUT2D eigenvalue weighted by Crippen LogP contribution is 2.41. The Morgan fingerprint density at radius 3 is 2.83 bits per heavy atom. The van der Waals surface area contributed by atoms with Crippen LogP contribution >= 0.6 is 11.3 Å². The summed E-state index contributed by atoms with van der Waals surface area (Å²) >= 11 is 1.69. The Hall–Kier alpha value is -2.43. The summed E-state index contributed by atoms with van der Waals surface area (Å²) in [6.45, 7) is 6.18. The Morgan fingerprint density at radius 2 is 1.97 bits per heavy atom. The van der Waals surface area contributed by atoms with Gasteiger partial charge in [0.25, 0.3) is 0 Å². The minimum atomic E-state index is 0.410. The van der Waals surface area contributed by atoms with Gasteiger partial charge in [-0.15, -0.1) is 11.3 Å². The smallest absolute Gasteiger partial charge is 0.108 e. The molecule has 3 heterocycles. The molecule has 6 rings (SSSR count). The molecule has 1 aromatic carbocycles. The number of nitrogens with one attached hydrogen (secondary N) is 1. The highest BCUT2D eigenvalue weighted by Gasteiger charge is 2.26. The van der Waals surface area contributed by atoms with Gasteiger partial charge in [-0.3, -0.25) is 10.00 Å². The van der Waals surface area contributed by atoms with E-state index in [0.29, 0.717) is 12.7 Å². The van der Waals surface area contributed by atoms with Crippen molar-refractivity contribution in [3.05, 3.63) is 51.2 Å². The summed E-state index contributed by atoms with van der Waals surface area (Å²) in [5.41, 5.74) is 8.86. The molecule has 5 nitrogen and oxygen atoms in total. The number of hydrogen-bond acceptors (Lipinski definition) is 5. The van der Waals surface area contributed by atoms with E-state index >= 15 is 0 Å². The number of piperazine rings is 1. The van der Waals surface area contributed by atoms with Crippen LogP contribution in [0, 0.1) is 11.8 Å². The number of hydrogen-bond donors (Lipinski definition) is 1. The molecular weight excluding hydrogens is 452 g/mol. The first-order chi connectivity index (χ1) is 17.2. The van der Waals surface area contributed by atoms with Gasteiger partial charge in [0.2, 0.25) is 0 Å². The van der Waals surface area contributed by atoms with E-state index in [4.69, 9.17) is 9.84 Å². The molecule has 0 bridgehead atoms. The van der Waals surface area contributed by atoms with Crippen LogP contribution < -0.4 is 0 Å². The number of nitrogens with zero attached hydrogens (tertiary/aromatic N) is 3. The molecule has 0 atom stereocenters. The second-order valence-electron chi connectivity index (χ2n) is 10.2. The first-order valence-electron chi connectivity index (χ1n) is 13.0. The number of H-pyrrole nitrogens is 1. The molecule has 6 heteroatoms. The van der Waals surface area contributed by atoms with Crippen molar-refractivity contribution in [1.82, 2.24) is 20.0 Å². The molecule has 1 N–H and O–H groups in total. The molecule has 0 amide bonds. The SMILES string of the molecule is CN1CCN(Cc2ccc3c(c2)Cc2c(-c4csc(C#CCOC5CCCCC5)c4)n[nH]c2-3)CC1. The molecular formula is C29H34N4OS. The summed E-state index contributed by atoms with van der Waals surface area (Å²) in [5.74, 6) is 6.52. The number of rotatable bonds is 5. The van der Waals surface area contributed by atoms with Crippen LogP contribution in [-0.4, -0.2) is 65.9 Å². The second-order valence-corrected chi connectivity index (χ2v) is 11.2.